The molecular weight excluding hydrogens is 439 g/mol. The third-order valence-corrected chi connectivity index (χ3v) is 6.12. The van der Waals surface area contributed by atoms with Gasteiger partial charge in [-0.2, -0.15) is 18.3 Å². The predicted octanol–water partition coefficient (Wildman–Crippen LogP) is 5.66. The van der Waals surface area contributed by atoms with Gasteiger partial charge in [-0.1, -0.05) is 0 Å². The Morgan fingerprint density at radius 3 is 2.71 bits per heavy atom. The van der Waals surface area contributed by atoms with Crippen molar-refractivity contribution in [1.82, 2.24) is 14.8 Å². The van der Waals surface area contributed by atoms with Crippen LogP contribution in [-0.4, -0.2) is 39.0 Å². The van der Waals surface area contributed by atoms with Gasteiger partial charge in [0.05, 0.1) is 16.6 Å². The zero-order chi connectivity index (χ0) is 23.0. The number of amides is 1. The summed E-state index contributed by atoms with van der Waals surface area (Å²) in [4.78, 5) is 17.1. The number of thioether (sulfide) groups is 1. The highest BCUT2D eigenvalue weighted by molar-refractivity contribution is 7.98. The van der Waals surface area contributed by atoms with E-state index in [1.165, 1.54) is 24.9 Å². The molecule has 0 radical (unpaired) electrons. The van der Waals surface area contributed by atoms with E-state index >= 15 is 0 Å². The summed E-state index contributed by atoms with van der Waals surface area (Å²) in [7, 11) is 0. The summed E-state index contributed by atoms with van der Waals surface area (Å²) in [6, 6.07) is 3.19. The van der Waals surface area contributed by atoms with Gasteiger partial charge in [-0.25, -0.2) is 13.8 Å². The maximum Gasteiger partial charge on any atom is 0.397 e. The highest BCUT2D eigenvalue weighted by Gasteiger charge is 2.42. The van der Waals surface area contributed by atoms with Gasteiger partial charge in [0, 0.05) is 36.8 Å². The Balaban J connectivity index is 1.95. The van der Waals surface area contributed by atoms with Crippen LogP contribution < -0.4 is 5.32 Å². The zero-order valence-electron chi connectivity index (χ0n) is 17.3. The quantitative estimate of drug-likeness (QED) is 0.444. The van der Waals surface area contributed by atoms with Crippen LogP contribution in [0.2, 0.25) is 0 Å². The van der Waals surface area contributed by atoms with Gasteiger partial charge in [0.1, 0.15) is 5.69 Å². The molecule has 1 amide bonds. The molecule has 0 saturated heterocycles. The molecular formula is C20H23F5N4OS. The molecule has 1 saturated carbocycles. The lowest BCUT2D eigenvalue weighted by atomic mass is 10.0. The fourth-order valence-corrected chi connectivity index (χ4v) is 4.20. The first kappa shape index (κ1) is 23.5. The normalized spacial score (nSPS) is 19.4. The number of carbonyl (C=O) groups is 1. The van der Waals surface area contributed by atoms with Crippen LogP contribution in [0.1, 0.15) is 53.8 Å². The van der Waals surface area contributed by atoms with E-state index in [0.717, 1.165) is 11.6 Å². The van der Waals surface area contributed by atoms with Crippen molar-refractivity contribution in [2.75, 3.05) is 11.6 Å². The molecule has 2 aromatic heterocycles. The topological polar surface area (TPSA) is 59.8 Å². The number of alkyl halides is 5. The van der Waals surface area contributed by atoms with E-state index < -0.39 is 29.8 Å². The Bertz CT molecular complexity index is 960. The lowest BCUT2D eigenvalue weighted by Crippen LogP contribution is -2.22. The fraction of sp³-hybridized carbons (Fsp3) is 0.550. The maximum atomic E-state index is 13.6. The molecule has 2 unspecified atom stereocenters. The summed E-state index contributed by atoms with van der Waals surface area (Å²) >= 11 is 1.37. The minimum atomic E-state index is -4.55. The van der Waals surface area contributed by atoms with Gasteiger partial charge < -0.3 is 5.32 Å². The molecule has 2 atom stereocenters. The third kappa shape index (κ3) is 5.36. The van der Waals surface area contributed by atoms with Crippen LogP contribution in [0.25, 0.3) is 0 Å². The molecule has 1 aliphatic carbocycles. The van der Waals surface area contributed by atoms with E-state index in [0.29, 0.717) is 10.7 Å². The number of rotatable bonds is 6. The molecule has 2 aromatic rings. The summed E-state index contributed by atoms with van der Waals surface area (Å²) in [6.07, 6.45) is -1.66. The second-order valence-corrected chi connectivity index (χ2v) is 8.64. The highest BCUT2D eigenvalue weighted by atomic mass is 32.2. The molecule has 3 rings (SSSR count). The smallest absolute Gasteiger partial charge is 0.321 e. The molecule has 0 aromatic carbocycles. The second kappa shape index (κ2) is 8.76. The second-order valence-electron chi connectivity index (χ2n) is 7.81. The van der Waals surface area contributed by atoms with Gasteiger partial charge in [-0.15, -0.1) is 11.8 Å². The predicted molar refractivity (Wildman–Crippen MR) is 108 cm³/mol. The first-order valence-electron chi connectivity index (χ1n) is 9.74. The number of carbonyl (C=O) groups excluding carboxylic acids is 1. The first-order valence-corrected chi connectivity index (χ1v) is 11.0. The Morgan fingerprint density at radius 1 is 1.42 bits per heavy atom. The fourth-order valence-electron chi connectivity index (χ4n) is 3.79. The van der Waals surface area contributed by atoms with Crippen LogP contribution in [0.15, 0.2) is 23.4 Å². The molecule has 0 spiro atoms. The standard InChI is InChI=1S/C20H23F5N4OS/c1-11-16(12(2)20(23,24)25)28-29(10-13-4-6-19(21,22)9-13)17(11)18(30)27-14-5-7-26-15(8-14)31-3/h5,7-8,12-13H,4,6,9-10H2,1-3H3,(H,26,27,30). The number of nitrogens with zero attached hydrogens (tertiary/aromatic N) is 3. The lowest BCUT2D eigenvalue weighted by molar-refractivity contribution is -0.147. The van der Waals surface area contributed by atoms with E-state index in [9.17, 15) is 26.7 Å². The van der Waals surface area contributed by atoms with Gasteiger partial charge in [0.25, 0.3) is 5.91 Å². The number of aromatic nitrogens is 3. The number of nitrogens with one attached hydrogen (secondary N) is 1. The summed E-state index contributed by atoms with van der Waals surface area (Å²) in [5, 5.41) is 7.38. The molecule has 11 heteroatoms. The van der Waals surface area contributed by atoms with Gasteiger partial charge in [-0.3, -0.25) is 9.48 Å². The molecule has 2 heterocycles. The van der Waals surface area contributed by atoms with Crippen molar-refractivity contribution < 1.29 is 26.7 Å². The van der Waals surface area contributed by atoms with Gasteiger partial charge >= 0.3 is 6.18 Å². The summed E-state index contributed by atoms with van der Waals surface area (Å²) < 4.78 is 68.4. The summed E-state index contributed by atoms with van der Waals surface area (Å²) in [6.45, 7) is 2.33. The van der Waals surface area contributed by atoms with Crippen LogP contribution in [0, 0.1) is 12.8 Å². The third-order valence-electron chi connectivity index (χ3n) is 5.48. The number of pyridine rings is 1. The molecule has 1 aliphatic rings. The average molecular weight is 462 g/mol. The molecule has 5 nitrogen and oxygen atoms in total. The zero-order valence-corrected chi connectivity index (χ0v) is 18.1. The van der Waals surface area contributed by atoms with Crippen LogP contribution in [0.5, 0.6) is 0 Å². The first-order chi connectivity index (χ1) is 14.4. The van der Waals surface area contributed by atoms with Crippen LogP contribution in [0.4, 0.5) is 27.6 Å². The number of hydrogen-bond donors (Lipinski definition) is 1. The van der Waals surface area contributed by atoms with Crippen molar-refractivity contribution in [3.8, 4) is 0 Å². The maximum absolute atomic E-state index is 13.6. The van der Waals surface area contributed by atoms with Crippen molar-refractivity contribution in [3.63, 3.8) is 0 Å². The van der Waals surface area contributed by atoms with E-state index in [1.807, 2.05) is 6.26 Å². The average Bonchev–Trinajstić information content (AvgIpc) is 3.19. The van der Waals surface area contributed by atoms with E-state index in [-0.39, 0.29) is 42.8 Å². The monoisotopic (exact) mass is 462 g/mol. The number of hydrogen-bond acceptors (Lipinski definition) is 4. The molecule has 31 heavy (non-hydrogen) atoms. The number of halogens is 5. The van der Waals surface area contributed by atoms with Crippen LogP contribution in [-0.2, 0) is 6.54 Å². The Kier molecular flexibility index (Phi) is 6.64. The Morgan fingerprint density at radius 2 is 2.13 bits per heavy atom. The molecule has 0 bridgehead atoms. The SMILES string of the molecule is CSc1cc(NC(=O)c2c(C)c(C(C)C(F)(F)F)nn2CC2CCC(F)(F)C2)ccn1. The molecule has 1 fully saturated rings. The largest absolute Gasteiger partial charge is 0.397 e. The molecule has 1 N–H and O–H groups in total. The van der Waals surface area contributed by atoms with E-state index in [2.05, 4.69) is 15.4 Å². The van der Waals surface area contributed by atoms with Gasteiger partial charge in [-0.05, 0) is 44.6 Å². The summed E-state index contributed by atoms with van der Waals surface area (Å²) in [5.74, 6) is -5.82. The van der Waals surface area contributed by atoms with E-state index in [1.54, 1.807) is 12.1 Å². The Hall–Kier alpha value is -2.17. The van der Waals surface area contributed by atoms with Crippen LogP contribution >= 0.6 is 11.8 Å². The van der Waals surface area contributed by atoms with Crippen molar-refractivity contribution in [3.05, 3.63) is 35.3 Å². The van der Waals surface area contributed by atoms with Gasteiger partial charge in [0.2, 0.25) is 5.92 Å². The van der Waals surface area contributed by atoms with Crippen molar-refractivity contribution in [1.29, 1.82) is 0 Å². The molecule has 0 aliphatic heterocycles. The minimum Gasteiger partial charge on any atom is -0.321 e. The van der Waals surface area contributed by atoms with Crippen LogP contribution in [0.3, 0.4) is 0 Å². The van der Waals surface area contributed by atoms with Gasteiger partial charge in [0.15, 0.2) is 0 Å². The lowest BCUT2D eigenvalue weighted by Gasteiger charge is -2.14. The summed E-state index contributed by atoms with van der Waals surface area (Å²) in [5.41, 5.74) is 0.186. The van der Waals surface area contributed by atoms with Crippen molar-refractivity contribution in [2.45, 2.75) is 62.7 Å². The van der Waals surface area contributed by atoms with E-state index in [4.69, 9.17) is 0 Å². The van der Waals surface area contributed by atoms with Crippen molar-refractivity contribution >= 4 is 23.4 Å². The Labute approximate surface area is 180 Å². The molecule has 170 valence electrons. The minimum absolute atomic E-state index is 0.0455. The highest BCUT2D eigenvalue weighted by Crippen LogP contribution is 2.41. The van der Waals surface area contributed by atoms with Crippen molar-refractivity contribution in [2.24, 2.45) is 5.92 Å². The number of anilines is 1.